The number of carbonyl (C=O) groups excluding carboxylic acids is 1. The summed E-state index contributed by atoms with van der Waals surface area (Å²) < 4.78 is 63.9. The molecule has 9 heteroatoms. The Labute approximate surface area is 127 Å². The van der Waals surface area contributed by atoms with Crippen molar-refractivity contribution >= 4 is 11.7 Å². The van der Waals surface area contributed by atoms with Crippen molar-refractivity contribution in [2.45, 2.75) is 19.0 Å². The van der Waals surface area contributed by atoms with E-state index < -0.39 is 29.8 Å². The minimum atomic E-state index is -4.50. The van der Waals surface area contributed by atoms with Gasteiger partial charge in [-0.25, -0.2) is 8.78 Å². The van der Waals surface area contributed by atoms with Crippen LogP contribution >= 0.6 is 0 Å². The molecule has 0 spiro atoms. The fourth-order valence-corrected chi connectivity index (χ4v) is 1.94. The number of halogens is 5. The van der Waals surface area contributed by atoms with Gasteiger partial charge in [0.25, 0.3) is 6.43 Å². The van der Waals surface area contributed by atoms with E-state index in [0.717, 1.165) is 22.9 Å². The summed E-state index contributed by atoms with van der Waals surface area (Å²) in [5.74, 6) is -0.592. The molecule has 2 aromatic rings. The first-order valence-electron chi connectivity index (χ1n) is 6.45. The molecule has 0 saturated heterocycles. The summed E-state index contributed by atoms with van der Waals surface area (Å²) in [5.41, 5.74) is -1.20. The lowest BCUT2D eigenvalue weighted by molar-refractivity contribution is -0.137. The van der Waals surface area contributed by atoms with Crippen LogP contribution in [-0.2, 0) is 24.4 Å². The summed E-state index contributed by atoms with van der Waals surface area (Å²) in [6, 6.07) is 5.35. The zero-order chi connectivity index (χ0) is 17.2. The molecular formula is C14H12F5N3O. The number of rotatable bonds is 4. The fourth-order valence-electron chi connectivity index (χ4n) is 1.94. The maximum atomic E-state index is 12.6. The molecule has 1 amide bonds. The number of amides is 1. The molecule has 124 valence electrons. The molecule has 1 N–H and O–H groups in total. The van der Waals surface area contributed by atoms with Crippen molar-refractivity contribution in [2.75, 3.05) is 5.32 Å². The Morgan fingerprint density at radius 2 is 2.00 bits per heavy atom. The summed E-state index contributed by atoms with van der Waals surface area (Å²) in [5, 5.41) is 5.86. The van der Waals surface area contributed by atoms with E-state index in [4.69, 9.17) is 0 Å². The highest BCUT2D eigenvalue weighted by atomic mass is 19.4. The number of aryl methyl sites for hydroxylation is 1. The second kappa shape index (κ2) is 6.35. The molecule has 0 fully saturated rings. The van der Waals surface area contributed by atoms with E-state index in [9.17, 15) is 26.7 Å². The van der Waals surface area contributed by atoms with Crippen molar-refractivity contribution < 1.29 is 26.7 Å². The maximum absolute atomic E-state index is 12.6. The third kappa shape index (κ3) is 4.27. The molecule has 0 saturated carbocycles. The molecule has 23 heavy (non-hydrogen) atoms. The summed E-state index contributed by atoms with van der Waals surface area (Å²) in [6.07, 6.45) is -7.60. The van der Waals surface area contributed by atoms with Crippen LogP contribution in [-0.4, -0.2) is 15.7 Å². The van der Waals surface area contributed by atoms with Crippen molar-refractivity contribution in [3.63, 3.8) is 0 Å². The van der Waals surface area contributed by atoms with E-state index in [1.54, 1.807) is 0 Å². The molecule has 0 aliphatic carbocycles. The molecule has 0 aliphatic rings. The summed E-state index contributed by atoms with van der Waals surface area (Å²) in [6.45, 7) is 0. The largest absolute Gasteiger partial charge is 0.416 e. The zero-order valence-electron chi connectivity index (χ0n) is 11.9. The van der Waals surface area contributed by atoms with Gasteiger partial charge in [0.1, 0.15) is 11.5 Å². The quantitative estimate of drug-likeness (QED) is 0.870. The average Bonchev–Trinajstić information content (AvgIpc) is 2.79. The molecule has 0 atom stereocenters. The van der Waals surface area contributed by atoms with Gasteiger partial charge in [0.15, 0.2) is 0 Å². The lowest BCUT2D eigenvalue weighted by atomic mass is 10.1. The van der Waals surface area contributed by atoms with Crippen LogP contribution in [0, 0.1) is 0 Å². The molecule has 1 aromatic carbocycles. The monoisotopic (exact) mass is 333 g/mol. The Kier molecular flexibility index (Phi) is 4.67. The van der Waals surface area contributed by atoms with Gasteiger partial charge in [-0.15, -0.1) is 0 Å². The highest BCUT2D eigenvalue weighted by Crippen LogP contribution is 2.29. The van der Waals surface area contributed by atoms with E-state index in [2.05, 4.69) is 10.4 Å². The zero-order valence-corrected chi connectivity index (χ0v) is 11.9. The van der Waals surface area contributed by atoms with Crippen LogP contribution in [0.15, 0.2) is 30.3 Å². The van der Waals surface area contributed by atoms with Crippen LogP contribution in [0.4, 0.5) is 27.8 Å². The average molecular weight is 333 g/mol. The number of aromatic nitrogens is 2. The van der Waals surface area contributed by atoms with Crippen LogP contribution in [0.3, 0.4) is 0 Å². The molecule has 0 unspecified atom stereocenters. The molecule has 2 rings (SSSR count). The molecule has 1 heterocycles. The van der Waals surface area contributed by atoms with Crippen molar-refractivity contribution in [2.24, 2.45) is 7.05 Å². The van der Waals surface area contributed by atoms with Crippen molar-refractivity contribution in [3.8, 4) is 0 Å². The van der Waals surface area contributed by atoms with Crippen LogP contribution in [0.1, 0.15) is 23.2 Å². The highest BCUT2D eigenvalue weighted by Gasteiger charge is 2.30. The third-order valence-corrected chi connectivity index (χ3v) is 3.01. The maximum Gasteiger partial charge on any atom is 0.416 e. The Balaban J connectivity index is 2.08. The van der Waals surface area contributed by atoms with Gasteiger partial charge >= 0.3 is 6.18 Å². The first-order chi connectivity index (χ1) is 10.7. The van der Waals surface area contributed by atoms with Gasteiger partial charge in [-0.05, 0) is 11.6 Å². The molecule has 1 aromatic heterocycles. The minimum Gasteiger partial charge on any atom is -0.311 e. The third-order valence-electron chi connectivity index (χ3n) is 3.01. The van der Waals surface area contributed by atoms with Crippen LogP contribution in [0.2, 0.25) is 0 Å². The van der Waals surface area contributed by atoms with E-state index in [0.29, 0.717) is 0 Å². The normalized spacial score (nSPS) is 11.8. The second-order valence-corrected chi connectivity index (χ2v) is 4.80. The Morgan fingerprint density at radius 1 is 1.30 bits per heavy atom. The minimum absolute atomic E-state index is 0.0391. The number of alkyl halides is 5. The van der Waals surface area contributed by atoms with E-state index in [1.807, 2.05) is 0 Å². The molecular weight excluding hydrogens is 321 g/mol. The first-order valence-corrected chi connectivity index (χ1v) is 6.45. The molecule has 0 aliphatic heterocycles. The summed E-state index contributed by atoms with van der Waals surface area (Å²) >= 11 is 0. The van der Waals surface area contributed by atoms with Crippen molar-refractivity contribution in [1.29, 1.82) is 0 Å². The van der Waals surface area contributed by atoms with Crippen LogP contribution in [0.5, 0.6) is 0 Å². The lowest BCUT2D eigenvalue weighted by Crippen LogP contribution is -2.17. The van der Waals surface area contributed by atoms with Gasteiger partial charge < -0.3 is 5.32 Å². The Hall–Kier alpha value is -2.45. The number of nitrogens with one attached hydrogen (secondary N) is 1. The first kappa shape index (κ1) is 16.9. The van der Waals surface area contributed by atoms with Gasteiger partial charge in [0, 0.05) is 13.1 Å². The number of hydrogen-bond donors (Lipinski definition) is 1. The molecule has 4 nitrogen and oxygen atoms in total. The predicted octanol–water partition coefficient (Wildman–Crippen LogP) is 3.56. The number of benzene rings is 1. The van der Waals surface area contributed by atoms with Gasteiger partial charge in [0.05, 0.1) is 12.0 Å². The number of hydrogen-bond acceptors (Lipinski definition) is 2. The SMILES string of the molecule is Cn1nc(C(F)F)cc1NC(=O)Cc1cccc(C(F)(F)F)c1. The lowest BCUT2D eigenvalue weighted by Gasteiger charge is -2.09. The fraction of sp³-hybridized carbons (Fsp3) is 0.286. The van der Waals surface area contributed by atoms with Crippen molar-refractivity contribution in [1.82, 2.24) is 9.78 Å². The van der Waals surface area contributed by atoms with E-state index >= 15 is 0 Å². The standard InChI is InChI=1S/C14H12F5N3O/c1-22-11(7-10(21-22)13(15)16)20-12(23)6-8-3-2-4-9(5-8)14(17,18)19/h2-5,7,13H,6H2,1H3,(H,20,23). The van der Waals surface area contributed by atoms with Crippen molar-refractivity contribution in [3.05, 3.63) is 47.2 Å². The number of anilines is 1. The van der Waals surface area contributed by atoms with Gasteiger partial charge in [-0.3, -0.25) is 9.48 Å². The Morgan fingerprint density at radius 3 is 2.57 bits per heavy atom. The van der Waals surface area contributed by atoms with Crippen LogP contribution in [0.25, 0.3) is 0 Å². The predicted molar refractivity (Wildman–Crippen MR) is 71.9 cm³/mol. The number of carbonyl (C=O) groups is 1. The summed E-state index contributed by atoms with van der Waals surface area (Å²) in [7, 11) is 1.37. The smallest absolute Gasteiger partial charge is 0.311 e. The van der Waals surface area contributed by atoms with Crippen LogP contribution < -0.4 is 5.32 Å². The summed E-state index contributed by atoms with van der Waals surface area (Å²) in [4.78, 5) is 11.9. The Bertz CT molecular complexity index is 709. The number of nitrogens with zero attached hydrogens (tertiary/aromatic N) is 2. The topological polar surface area (TPSA) is 46.9 Å². The second-order valence-electron chi connectivity index (χ2n) is 4.80. The van der Waals surface area contributed by atoms with Gasteiger partial charge in [-0.2, -0.15) is 18.3 Å². The van der Waals surface area contributed by atoms with Gasteiger partial charge in [0.2, 0.25) is 5.91 Å². The molecule has 0 bridgehead atoms. The van der Waals surface area contributed by atoms with E-state index in [1.165, 1.54) is 19.2 Å². The molecule has 0 radical (unpaired) electrons. The van der Waals surface area contributed by atoms with E-state index in [-0.39, 0.29) is 17.8 Å². The highest BCUT2D eigenvalue weighted by molar-refractivity contribution is 5.91. The van der Waals surface area contributed by atoms with Gasteiger partial charge in [-0.1, -0.05) is 18.2 Å².